The molecule has 3 aromatic rings. The number of pyridine rings is 1. The second kappa shape index (κ2) is 6.39. The second-order valence-electron chi connectivity index (χ2n) is 5.99. The zero-order valence-electron chi connectivity index (χ0n) is 14.1. The maximum Gasteiger partial charge on any atom is 0.325 e. The van der Waals surface area contributed by atoms with Gasteiger partial charge in [0.2, 0.25) is 0 Å². The lowest BCUT2D eigenvalue weighted by Gasteiger charge is -2.12. The van der Waals surface area contributed by atoms with Crippen LogP contribution in [0.4, 0.5) is 0 Å². The minimum atomic E-state index is -1.11. The average Bonchev–Trinajstić information content (AvgIpc) is 3.22. The van der Waals surface area contributed by atoms with Crippen LogP contribution >= 0.6 is 0 Å². The summed E-state index contributed by atoms with van der Waals surface area (Å²) in [4.78, 5) is 28.2. The van der Waals surface area contributed by atoms with Crippen molar-refractivity contribution in [2.24, 2.45) is 0 Å². The summed E-state index contributed by atoms with van der Waals surface area (Å²) in [5.41, 5.74) is 1.32. The largest absolute Gasteiger partial charge is 0.480 e. The first kappa shape index (κ1) is 16.7. The molecule has 0 aliphatic rings. The van der Waals surface area contributed by atoms with E-state index in [1.165, 1.54) is 13.2 Å². The SMILES string of the molecule is CC(C)n1ncc2c(C(=O)N[C@H](C)C(=O)O)cc(-c3ccco3)nc21. The molecule has 25 heavy (non-hydrogen) atoms. The van der Waals surface area contributed by atoms with Crippen LogP contribution in [0.15, 0.2) is 35.1 Å². The van der Waals surface area contributed by atoms with Crippen LogP contribution in [0.1, 0.15) is 37.2 Å². The highest BCUT2D eigenvalue weighted by atomic mass is 16.4. The lowest BCUT2D eigenvalue weighted by atomic mass is 10.1. The molecule has 0 saturated heterocycles. The minimum absolute atomic E-state index is 0.0469. The Morgan fingerprint density at radius 1 is 1.32 bits per heavy atom. The van der Waals surface area contributed by atoms with E-state index in [4.69, 9.17) is 9.52 Å². The molecular formula is C17H18N4O4. The molecule has 0 unspecified atom stereocenters. The number of carbonyl (C=O) groups is 2. The number of aromatic nitrogens is 3. The number of carboxylic acid groups (broad SMARTS) is 1. The number of fused-ring (bicyclic) bond motifs is 1. The average molecular weight is 342 g/mol. The van der Waals surface area contributed by atoms with Gasteiger partial charge in [0, 0.05) is 6.04 Å². The Morgan fingerprint density at radius 2 is 2.08 bits per heavy atom. The monoisotopic (exact) mass is 342 g/mol. The lowest BCUT2D eigenvalue weighted by Crippen LogP contribution is -2.38. The van der Waals surface area contributed by atoms with Crippen LogP contribution in [-0.2, 0) is 4.79 Å². The fraction of sp³-hybridized carbons (Fsp3) is 0.294. The molecule has 3 heterocycles. The predicted octanol–water partition coefficient (Wildman–Crippen LogP) is 2.48. The van der Waals surface area contributed by atoms with Gasteiger partial charge in [-0.3, -0.25) is 9.59 Å². The molecule has 0 saturated carbocycles. The minimum Gasteiger partial charge on any atom is -0.480 e. The van der Waals surface area contributed by atoms with Gasteiger partial charge < -0.3 is 14.8 Å². The molecule has 0 aliphatic heterocycles. The Balaban J connectivity index is 2.16. The van der Waals surface area contributed by atoms with Crippen LogP contribution in [0.3, 0.4) is 0 Å². The van der Waals surface area contributed by atoms with E-state index in [9.17, 15) is 9.59 Å². The number of carboxylic acids is 1. The van der Waals surface area contributed by atoms with E-state index >= 15 is 0 Å². The van der Waals surface area contributed by atoms with Crippen molar-refractivity contribution in [3.63, 3.8) is 0 Å². The van der Waals surface area contributed by atoms with Gasteiger partial charge in [-0.25, -0.2) is 9.67 Å². The normalized spacial score (nSPS) is 12.5. The first-order chi connectivity index (χ1) is 11.9. The van der Waals surface area contributed by atoms with Crippen molar-refractivity contribution in [2.45, 2.75) is 32.9 Å². The van der Waals surface area contributed by atoms with E-state index in [-0.39, 0.29) is 6.04 Å². The molecule has 0 aliphatic carbocycles. The van der Waals surface area contributed by atoms with E-state index in [2.05, 4.69) is 15.4 Å². The molecule has 0 spiro atoms. The van der Waals surface area contributed by atoms with Crippen molar-refractivity contribution in [1.82, 2.24) is 20.1 Å². The fourth-order valence-electron chi connectivity index (χ4n) is 2.47. The molecular weight excluding hydrogens is 324 g/mol. The number of nitrogens with one attached hydrogen (secondary N) is 1. The molecule has 0 fully saturated rings. The van der Waals surface area contributed by atoms with Gasteiger partial charge in [0.25, 0.3) is 5.91 Å². The Labute approximate surface area is 143 Å². The summed E-state index contributed by atoms with van der Waals surface area (Å²) < 4.78 is 7.09. The number of carbonyl (C=O) groups excluding carboxylic acids is 1. The third kappa shape index (κ3) is 3.10. The molecule has 1 amide bonds. The third-order valence-electron chi connectivity index (χ3n) is 3.79. The van der Waals surface area contributed by atoms with Gasteiger partial charge in [0.1, 0.15) is 11.7 Å². The van der Waals surface area contributed by atoms with Gasteiger partial charge in [-0.05, 0) is 39.0 Å². The maximum atomic E-state index is 12.6. The Morgan fingerprint density at radius 3 is 2.68 bits per heavy atom. The molecule has 0 aromatic carbocycles. The summed E-state index contributed by atoms with van der Waals surface area (Å²) in [6.07, 6.45) is 3.09. The summed E-state index contributed by atoms with van der Waals surface area (Å²) >= 11 is 0. The van der Waals surface area contributed by atoms with Gasteiger partial charge in [-0.15, -0.1) is 0 Å². The van der Waals surface area contributed by atoms with Crippen LogP contribution in [0.5, 0.6) is 0 Å². The number of aliphatic carboxylic acids is 1. The van der Waals surface area contributed by atoms with E-state index in [0.29, 0.717) is 28.1 Å². The highest BCUT2D eigenvalue weighted by Crippen LogP contribution is 2.26. The fourth-order valence-corrected chi connectivity index (χ4v) is 2.47. The first-order valence-corrected chi connectivity index (χ1v) is 7.84. The quantitative estimate of drug-likeness (QED) is 0.737. The highest BCUT2D eigenvalue weighted by molar-refractivity contribution is 6.07. The van der Waals surface area contributed by atoms with Crippen molar-refractivity contribution in [3.05, 3.63) is 36.2 Å². The van der Waals surface area contributed by atoms with Crippen LogP contribution in [0.25, 0.3) is 22.5 Å². The molecule has 3 rings (SSSR count). The van der Waals surface area contributed by atoms with Crippen molar-refractivity contribution in [3.8, 4) is 11.5 Å². The van der Waals surface area contributed by atoms with Gasteiger partial charge in [-0.1, -0.05) is 0 Å². The van der Waals surface area contributed by atoms with E-state index in [0.717, 1.165) is 0 Å². The number of hydrogen-bond acceptors (Lipinski definition) is 5. The molecule has 130 valence electrons. The standard InChI is InChI=1S/C17H18N4O4/c1-9(2)21-15-12(8-18-21)11(16(22)19-10(3)17(23)24)7-13(20-15)14-5-4-6-25-14/h4-10H,1-3H3,(H,19,22)(H,23,24)/t10-/m1/s1. The summed E-state index contributed by atoms with van der Waals surface area (Å²) in [5, 5.41) is 16.3. The smallest absolute Gasteiger partial charge is 0.325 e. The summed E-state index contributed by atoms with van der Waals surface area (Å²) in [7, 11) is 0. The van der Waals surface area contributed by atoms with Crippen molar-refractivity contribution >= 4 is 22.9 Å². The van der Waals surface area contributed by atoms with Crippen molar-refractivity contribution < 1.29 is 19.1 Å². The highest BCUT2D eigenvalue weighted by Gasteiger charge is 2.22. The molecule has 8 heteroatoms. The topological polar surface area (TPSA) is 110 Å². The predicted molar refractivity (Wildman–Crippen MR) is 90.2 cm³/mol. The van der Waals surface area contributed by atoms with Crippen LogP contribution in [0, 0.1) is 0 Å². The molecule has 0 bridgehead atoms. The molecule has 0 radical (unpaired) electrons. The number of nitrogens with zero attached hydrogens (tertiary/aromatic N) is 3. The Hall–Kier alpha value is -3.16. The summed E-state index contributed by atoms with van der Waals surface area (Å²) in [6.45, 7) is 5.32. The maximum absolute atomic E-state index is 12.6. The Bertz CT molecular complexity index is 928. The number of amides is 1. The van der Waals surface area contributed by atoms with Gasteiger partial charge in [0.05, 0.1) is 23.4 Å². The zero-order valence-corrected chi connectivity index (χ0v) is 14.1. The van der Waals surface area contributed by atoms with Gasteiger partial charge >= 0.3 is 5.97 Å². The number of hydrogen-bond donors (Lipinski definition) is 2. The molecule has 8 nitrogen and oxygen atoms in total. The third-order valence-corrected chi connectivity index (χ3v) is 3.79. The molecule has 3 aromatic heterocycles. The first-order valence-electron chi connectivity index (χ1n) is 7.84. The number of furan rings is 1. The van der Waals surface area contributed by atoms with Gasteiger partial charge in [0.15, 0.2) is 11.4 Å². The van der Waals surface area contributed by atoms with Crippen LogP contribution in [-0.4, -0.2) is 37.8 Å². The van der Waals surface area contributed by atoms with E-state index in [1.807, 2.05) is 13.8 Å². The number of rotatable bonds is 5. The van der Waals surface area contributed by atoms with Crippen molar-refractivity contribution in [2.75, 3.05) is 0 Å². The second-order valence-corrected chi connectivity index (χ2v) is 5.99. The van der Waals surface area contributed by atoms with Crippen LogP contribution in [0.2, 0.25) is 0 Å². The summed E-state index contributed by atoms with van der Waals surface area (Å²) in [5.74, 6) is -1.10. The van der Waals surface area contributed by atoms with E-state index in [1.54, 1.807) is 29.1 Å². The van der Waals surface area contributed by atoms with Crippen LogP contribution < -0.4 is 5.32 Å². The van der Waals surface area contributed by atoms with Crippen molar-refractivity contribution in [1.29, 1.82) is 0 Å². The molecule has 2 N–H and O–H groups in total. The van der Waals surface area contributed by atoms with Gasteiger partial charge in [-0.2, -0.15) is 5.10 Å². The molecule has 1 atom stereocenters. The summed E-state index contributed by atoms with van der Waals surface area (Å²) in [6, 6.07) is 4.09. The Kier molecular flexibility index (Phi) is 4.26. The lowest BCUT2D eigenvalue weighted by molar-refractivity contribution is -0.138. The zero-order chi connectivity index (χ0) is 18.1. The van der Waals surface area contributed by atoms with E-state index < -0.39 is 17.9 Å².